The van der Waals surface area contributed by atoms with Gasteiger partial charge in [0, 0.05) is 64.8 Å². The van der Waals surface area contributed by atoms with Crippen molar-refractivity contribution in [3.63, 3.8) is 0 Å². The van der Waals surface area contributed by atoms with Crippen molar-refractivity contribution in [2.45, 2.75) is 24.3 Å². The molecular formula is C25H33FN4O3S. The van der Waals surface area contributed by atoms with Gasteiger partial charge >= 0.3 is 0 Å². The summed E-state index contributed by atoms with van der Waals surface area (Å²) in [5.41, 5.74) is 1.33. The van der Waals surface area contributed by atoms with Crippen LogP contribution < -0.4 is 5.32 Å². The highest BCUT2D eigenvalue weighted by molar-refractivity contribution is 7.89. The molecule has 0 spiro atoms. The van der Waals surface area contributed by atoms with E-state index < -0.39 is 15.8 Å². The van der Waals surface area contributed by atoms with Crippen molar-refractivity contribution in [1.29, 1.82) is 0 Å². The van der Waals surface area contributed by atoms with Gasteiger partial charge in [0.1, 0.15) is 10.7 Å². The maximum Gasteiger partial charge on any atom is 0.245 e. The number of rotatable bonds is 8. The fourth-order valence-electron chi connectivity index (χ4n) is 4.65. The summed E-state index contributed by atoms with van der Waals surface area (Å²) in [6, 6.07) is 15.9. The van der Waals surface area contributed by atoms with Crippen LogP contribution in [0.1, 0.15) is 18.4 Å². The average molecular weight is 489 g/mol. The quantitative estimate of drug-likeness (QED) is 0.617. The predicted octanol–water partition coefficient (Wildman–Crippen LogP) is 2.16. The van der Waals surface area contributed by atoms with Gasteiger partial charge in [-0.15, -0.1) is 0 Å². The molecule has 0 aromatic heterocycles. The molecular weight excluding hydrogens is 455 g/mol. The Morgan fingerprint density at radius 1 is 0.882 bits per heavy atom. The largest absolute Gasteiger partial charge is 0.355 e. The van der Waals surface area contributed by atoms with E-state index in [-0.39, 0.29) is 29.8 Å². The van der Waals surface area contributed by atoms with Gasteiger partial charge in [0.05, 0.1) is 0 Å². The van der Waals surface area contributed by atoms with Crippen molar-refractivity contribution in [2.75, 3.05) is 52.4 Å². The molecule has 184 valence electrons. The Kier molecular flexibility index (Phi) is 8.31. The molecule has 4 rings (SSSR count). The lowest BCUT2D eigenvalue weighted by Gasteiger charge is -2.35. The lowest BCUT2D eigenvalue weighted by molar-refractivity contribution is -0.126. The zero-order valence-corrected chi connectivity index (χ0v) is 20.2. The lowest BCUT2D eigenvalue weighted by Crippen LogP contribution is -2.49. The van der Waals surface area contributed by atoms with E-state index in [2.05, 4.69) is 39.4 Å². The molecule has 0 saturated carbocycles. The van der Waals surface area contributed by atoms with Crippen LogP contribution in [0.3, 0.4) is 0 Å². The van der Waals surface area contributed by atoms with Crippen molar-refractivity contribution in [3.05, 3.63) is 66.0 Å². The fourth-order valence-corrected chi connectivity index (χ4v) is 6.18. The number of halogens is 1. The second kappa shape index (κ2) is 11.4. The number of piperidine rings is 1. The number of hydrogen-bond donors (Lipinski definition) is 1. The van der Waals surface area contributed by atoms with Crippen LogP contribution >= 0.6 is 0 Å². The Morgan fingerprint density at radius 3 is 2.18 bits per heavy atom. The molecule has 0 bridgehead atoms. The first kappa shape index (κ1) is 24.8. The van der Waals surface area contributed by atoms with Gasteiger partial charge < -0.3 is 5.32 Å². The number of carbonyl (C=O) groups excluding carboxylic acids is 1. The summed E-state index contributed by atoms with van der Waals surface area (Å²) in [5.74, 6) is -0.983. The van der Waals surface area contributed by atoms with Gasteiger partial charge in [-0.05, 0) is 30.5 Å². The van der Waals surface area contributed by atoms with Crippen LogP contribution in [-0.4, -0.2) is 80.8 Å². The molecule has 0 aliphatic carbocycles. The molecule has 2 aliphatic heterocycles. The minimum absolute atomic E-state index is 0.0225. The van der Waals surface area contributed by atoms with Gasteiger partial charge in [-0.1, -0.05) is 42.5 Å². The van der Waals surface area contributed by atoms with Crippen molar-refractivity contribution < 1.29 is 17.6 Å². The summed E-state index contributed by atoms with van der Waals surface area (Å²) in [4.78, 5) is 17.1. The van der Waals surface area contributed by atoms with E-state index in [1.54, 1.807) is 0 Å². The zero-order valence-electron chi connectivity index (χ0n) is 19.4. The number of nitrogens with zero attached hydrogens (tertiary/aromatic N) is 3. The summed E-state index contributed by atoms with van der Waals surface area (Å²) in [6.07, 6.45) is 0.884. The van der Waals surface area contributed by atoms with Crippen LogP contribution in [0.25, 0.3) is 0 Å². The third kappa shape index (κ3) is 6.21. The van der Waals surface area contributed by atoms with Crippen molar-refractivity contribution >= 4 is 15.9 Å². The second-order valence-electron chi connectivity index (χ2n) is 9.00. The number of carbonyl (C=O) groups is 1. The van der Waals surface area contributed by atoms with Gasteiger partial charge in [-0.3, -0.25) is 14.6 Å². The van der Waals surface area contributed by atoms with Crippen LogP contribution in [-0.2, 0) is 21.4 Å². The first-order valence-electron chi connectivity index (χ1n) is 11.9. The highest BCUT2D eigenvalue weighted by Gasteiger charge is 2.33. The van der Waals surface area contributed by atoms with Gasteiger partial charge in [0.15, 0.2) is 0 Å². The maximum absolute atomic E-state index is 14.0. The molecule has 0 atom stereocenters. The van der Waals surface area contributed by atoms with E-state index in [1.165, 1.54) is 28.1 Å². The first-order valence-corrected chi connectivity index (χ1v) is 13.4. The monoisotopic (exact) mass is 488 g/mol. The van der Waals surface area contributed by atoms with Crippen molar-refractivity contribution in [2.24, 2.45) is 5.92 Å². The number of nitrogens with one attached hydrogen (secondary N) is 1. The molecule has 0 unspecified atom stereocenters. The summed E-state index contributed by atoms with van der Waals surface area (Å²) in [7, 11) is -3.88. The molecule has 0 radical (unpaired) electrons. The molecule has 1 amide bonds. The molecule has 2 saturated heterocycles. The Balaban J connectivity index is 1.15. The molecule has 34 heavy (non-hydrogen) atoms. The van der Waals surface area contributed by atoms with Crippen molar-refractivity contribution in [3.8, 4) is 0 Å². The van der Waals surface area contributed by atoms with Crippen LogP contribution in [0.4, 0.5) is 4.39 Å². The Morgan fingerprint density at radius 2 is 1.50 bits per heavy atom. The third-order valence-electron chi connectivity index (χ3n) is 6.72. The van der Waals surface area contributed by atoms with E-state index in [4.69, 9.17) is 0 Å². The number of amides is 1. The van der Waals surface area contributed by atoms with Gasteiger partial charge in [-0.2, -0.15) is 4.31 Å². The lowest BCUT2D eigenvalue weighted by atomic mass is 9.97. The van der Waals surface area contributed by atoms with Gasteiger partial charge in [0.2, 0.25) is 15.9 Å². The number of hydrogen-bond acceptors (Lipinski definition) is 5. The summed E-state index contributed by atoms with van der Waals surface area (Å²) in [6.45, 7) is 6.79. The van der Waals surface area contributed by atoms with E-state index in [0.29, 0.717) is 19.4 Å². The maximum atomic E-state index is 14.0. The van der Waals surface area contributed by atoms with Crippen LogP contribution in [0.5, 0.6) is 0 Å². The van der Waals surface area contributed by atoms with Crippen LogP contribution in [0, 0.1) is 11.7 Å². The fraction of sp³-hybridized carbons (Fsp3) is 0.480. The van der Waals surface area contributed by atoms with Crippen LogP contribution in [0.15, 0.2) is 59.5 Å². The molecule has 2 heterocycles. The highest BCUT2D eigenvalue weighted by Crippen LogP contribution is 2.25. The first-order chi connectivity index (χ1) is 16.4. The average Bonchev–Trinajstić information content (AvgIpc) is 2.86. The van der Waals surface area contributed by atoms with E-state index in [0.717, 1.165) is 45.3 Å². The minimum Gasteiger partial charge on any atom is -0.355 e. The molecule has 2 aliphatic rings. The Bertz CT molecular complexity index is 1050. The molecule has 7 nitrogen and oxygen atoms in total. The normalized spacial score (nSPS) is 19.2. The smallest absolute Gasteiger partial charge is 0.245 e. The molecule has 9 heteroatoms. The zero-order chi connectivity index (χ0) is 24.0. The number of sulfonamides is 1. The topological polar surface area (TPSA) is 73.0 Å². The third-order valence-corrected chi connectivity index (χ3v) is 8.65. The predicted molar refractivity (Wildman–Crippen MR) is 129 cm³/mol. The summed E-state index contributed by atoms with van der Waals surface area (Å²) < 4.78 is 40.7. The number of benzene rings is 2. The summed E-state index contributed by atoms with van der Waals surface area (Å²) in [5, 5.41) is 3.02. The molecule has 2 aromatic carbocycles. The van der Waals surface area contributed by atoms with E-state index >= 15 is 0 Å². The molecule has 1 N–H and O–H groups in total. The standard InChI is InChI=1S/C25H33FN4O3S/c26-23-8-4-5-9-24(23)34(32,33)30-13-10-22(11-14-30)25(31)27-12-15-28-16-18-29(19-17-28)20-21-6-2-1-3-7-21/h1-9,22H,10-20H2,(H,27,31). The Labute approximate surface area is 201 Å². The Hall–Kier alpha value is -2.33. The second-order valence-corrected chi connectivity index (χ2v) is 10.9. The minimum atomic E-state index is -3.88. The SMILES string of the molecule is O=C(NCCN1CCN(Cc2ccccc2)CC1)C1CCN(S(=O)(=O)c2ccccc2F)CC1. The number of piperazine rings is 1. The molecule has 2 aromatic rings. The van der Waals surface area contributed by atoms with E-state index in [9.17, 15) is 17.6 Å². The molecule has 2 fully saturated rings. The van der Waals surface area contributed by atoms with Gasteiger partial charge in [0.25, 0.3) is 0 Å². The van der Waals surface area contributed by atoms with Gasteiger partial charge in [-0.25, -0.2) is 12.8 Å². The van der Waals surface area contributed by atoms with Crippen molar-refractivity contribution in [1.82, 2.24) is 19.4 Å². The van der Waals surface area contributed by atoms with E-state index in [1.807, 2.05) is 6.07 Å². The van der Waals surface area contributed by atoms with Crippen LogP contribution in [0.2, 0.25) is 0 Å². The highest BCUT2D eigenvalue weighted by atomic mass is 32.2. The summed E-state index contributed by atoms with van der Waals surface area (Å²) >= 11 is 0.